The fourth-order valence-corrected chi connectivity index (χ4v) is 2.08. The van der Waals surface area contributed by atoms with Crippen LogP contribution in [0.2, 0.25) is 0 Å². The fraction of sp³-hybridized carbons (Fsp3) is 0.222. The first kappa shape index (κ1) is 15.8. The number of hydrogen-bond donors (Lipinski definition) is 2. The quantitative estimate of drug-likeness (QED) is 0.630. The summed E-state index contributed by atoms with van der Waals surface area (Å²) in [5.41, 5.74) is 4.59. The second-order valence-corrected chi connectivity index (χ2v) is 4.99. The number of hydrazone groups is 1. The molecule has 0 aliphatic heterocycles. The first-order valence-electron chi connectivity index (χ1n) is 7.42. The van der Waals surface area contributed by atoms with Crippen LogP contribution in [0, 0.1) is 0 Å². The molecule has 0 fully saturated rings. The molecule has 0 aliphatic rings. The molecule has 2 aromatic carbocycles. The lowest BCUT2D eigenvalue weighted by molar-refractivity contribution is 0.0952. The number of nitrogens with one attached hydrogen (secondary N) is 1. The van der Waals surface area contributed by atoms with Crippen molar-refractivity contribution in [1.82, 2.24) is 5.43 Å². The van der Waals surface area contributed by atoms with E-state index < -0.39 is 5.91 Å². The maximum atomic E-state index is 12.1. The molecule has 4 heteroatoms. The predicted octanol–water partition coefficient (Wildman–Crippen LogP) is 3.72. The largest absolute Gasteiger partial charge is 0.507 e. The minimum absolute atomic E-state index is 0.0509. The van der Waals surface area contributed by atoms with Gasteiger partial charge in [0.15, 0.2) is 0 Å². The van der Waals surface area contributed by atoms with Gasteiger partial charge in [0.05, 0.1) is 11.3 Å². The van der Waals surface area contributed by atoms with E-state index >= 15 is 0 Å². The predicted molar refractivity (Wildman–Crippen MR) is 88.1 cm³/mol. The zero-order valence-electron chi connectivity index (χ0n) is 12.6. The molecule has 22 heavy (non-hydrogen) atoms. The van der Waals surface area contributed by atoms with Crippen molar-refractivity contribution < 1.29 is 9.90 Å². The zero-order valence-corrected chi connectivity index (χ0v) is 12.6. The van der Waals surface area contributed by atoms with Crippen molar-refractivity contribution >= 4 is 11.6 Å². The van der Waals surface area contributed by atoms with Gasteiger partial charge < -0.3 is 5.11 Å². The minimum atomic E-state index is -0.414. The summed E-state index contributed by atoms with van der Waals surface area (Å²) in [7, 11) is 0. The molecule has 0 radical (unpaired) electrons. The molecule has 0 bridgehead atoms. The van der Waals surface area contributed by atoms with E-state index in [1.54, 1.807) is 18.2 Å². The third kappa shape index (κ3) is 4.19. The average Bonchev–Trinajstić information content (AvgIpc) is 2.56. The Balaban J connectivity index is 2.16. The van der Waals surface area contributed by atoms with Gasteiger partial charge in [-0.2, -0.15) is 5.10 Å². The number of aromatic hydroxyl groups is 1. The van der Waals surface area contributed by atoms with Gasteiger partial charge in [-0.1, -0.05) is 55.8 Å². The lowest BCUT2D eigenvalue weighted by atomic mass is 10.1. The number of amides is 1. The third-order valence-corrected chi connectivity index (χ3v) is 3.32. The second-order valence-electron chi connectivity index (χ2n) is 4.99. The highest BCUT2D eigenvalue weighted by molar-refractivity contribution is 6.02. The molecule has 4 nitrogen and oxygen atoms in total. The molecule has 0 aliphatic carbocycles. The van der Waals surface area contributed by atoms with E-state index in [1.807, 2.05) is 30.3 Å². The first-order valence-corrected chi connectivity index (χ1v) is 7.42. The van der Waals surface area contributed by atoms with E-state index in [1.165, 1.54) is 6.07 Å². The maximum Gasteiger partial charge on any atom is 0.275 e. The number of hydrogen-bond acceptors (Lipinski definition) is 3. The highest BCUT2D eigenvalue weighted by atomic mass is 16.3. The van der Waals surface area contributed by atoms with Gasteiger partial charge in [0.2, 0.25) is 0 Å². The molecule has 0 saturated carbocycles. The monoisotopic (exact) mass is 296 g/mol. The number of benzene rings is 2. The van der Waals surface area contributed by atoms with Gasteiger partial charge in [-0.3, -0.25) is 4.79 Å². The number of para-hydroxylation sites is 1. The Kier molecular flexibility index (Phi) is 5.72. The van der Waals surface area contributed by atoms with E-state index in [0.29, 0.717) is 0 Å². The van der Waals surface area contributed by atoms with Crippen LogP contribution >= 0.6 is 0 Å². The molecule has 1 amide bonds. The second kappa shape index (κ2) is 7.98. The van der Waals surface area contributed by atoms with Gasteiger partial charge in [-0.25, -0.2) is 5.43 Å². The van der Waals surface area contributed by atoms with Gasteiger partial charge in [0.1, 0.15) is 5.75 Å². The summed E-state index contributed by atoms with van der Waals surface area (Å²) in [5, 5.41) is 14.0. The van der Waals surface area contributed by atoms with E-state index in [9.17, 15) is 9.90 Å². The number of carbonyl (C=O) groups is 1. The van der Waals surface area contributed by atoms with E-state index in [2.05, 4.69) is 17.5 Å². The van der Waals surface area contributed by atoms with Crippen LogP contribution in [0.15, 0.2) is 59.7 Å². The molecular formula is C18H20N2O2. The Morgan fingerprint density at radius 3 is 2.45 bits per heavy atom. The average molecular weight is 296 g/mol. The first-order chi connectivity index (χ1) is 10.7. The van der Waals surface area contributed by atoms with Crippen LogP contribution < -0.4 is 5.43 Å². The molecule has 0 spiro atoms. The Bertz CT molecular complexity index is 651. The Labute approximate surface area is 130 Å². The molecule has 2 aromatic rings. The van der Waals surface area contributed by atoms with Crippen LogP contribution in [0.1, 0.15) is 42.1 Å². The summed E-state index contributed by atoms with van der Waals surface area (Å²) >= 11 is 0. The maximum absolute atomic E-state index is 12.1. The Morgan fingerprint density at radius 1 is 1.09 bits per heavy atom. The molecular weight excluding hydrogens is 276 g/mol. The smallest absolute Gasteiger partial charge is 0.275 e. The van der Waals surface area contributed by atoms with Crippen LogP contribution in [0.5, 0.6) is 5.75 Å². The number of carbonyl (C=O) groups excluding carboxylic acids is 1. The van der Waals surface area contributed by atoms with Crippen molar-refractivity contribution in [2.45, 2.75) is 26.2 Å². The molecule has 2 rings (SSSR count). The van der Waals surface area contributed by atoms with Crippen molar-refractivity contribution in [3.05, 3.63) is 65.7 Å². The van der Waals surface area contributed by atoms with Gasteiger partial charge >= 0.3 is 0 Å². The van der Waals surface area contributed by atoms with Crippen molar-refractivity contribution in [3.8, 4) is 5.75 Å². The highest BCUT2D eigenvalue weighted by Crippen LogP contribution is 2.15. The highest BCUT2D eigenvalue weighted by Gasteiger charge is 2.10. The standard InChI is InChI=1S/C18H20N2O2/c1-2-3-12-16(14-9-5-4-6-10-14)19-20-18(22)15-11-7-8-13-17(15)21/h4-11,13,21H,2-3,12H2,1H3,(H,20,22). The van der Waals surface area contributed by atoms with Crippen molar-refractivity contribution in [2.75, 3.05) is 0 Å². The molecule has 0 unspecified atom stereocenters. The number of rotatable bonds is 6. The Morgan fingerprint density at radius 2 is 1.77 bits per heavy atom. The van der Waals surface area contributed by atoms with Crippen molar-refractivity contribution in [1.29, 1.82) is 0 Å². The SMILES string of the molecule is CCCCC(=NNC(=O)c1ccccc1O)c1ccccc1. The van der Waals surface area contributed by atoms with Crippen LogP contribution in [0.4, 0.5) is 0 Å². The molecule has 2 N–H and O–H groups in total. The van der Waals surface area contributed by atoms with Crippen LogP contribution in [0.3, 0.4) is 0 Å². The van der Waals surface area contributed by atoms with Crippen LogP contribution in [0.25, 0.3) is 0 Å². The van der Waals surface area contributed by atoms with E-state index in [-0.39, 0.29) is 11.3 Å². The fourth-order valence-electron chi connectivity index (χ4n) is 2.08. The summed E-state index contributed by atoms with van der Waals surface area (Å²) < 4.78 is 0. The van der Waals surface area contributed by atoms with Gasteiger partial charge in [0, 0.05) is 0 Å². The number of unbranched alkanes of at least 4 members (excludes halogenated alkanes) is 1. The lowest BCUT2D eigenvalue weighted by Gasteiger charge is -2.07. The molecule has 0 saturated heterocycles. The Hall–Kier alpha value is -2.62. The van der Waals surface area contributed by atoms with Crippen LogP contribution in [-0.2, 0) is 0 Å². The lowest BCUT2D eigenvalue weighted by Crippen LogP contribution is -2.20. The number of phenols is 1. The molecule has 0 heterocycles. The summed E-state index contributed by atoms with van der Waals surface area (Å²) in [6.45, 7) is 2.11. The van der Waals surface area contributed by atoms with E-state index in [0.717, 1.165) is 30.5 Å². The number of phenolic OH excluding ortho intramolecular Hbond substituents is 1. The van der Waals surface area contributed by atoms with Gasteiger partial charge in [-0.15, -0.1) is 0 Å². The third-order valence-electron chi connectivity index (χ3n) is 3.32. The molecule has 114 valence electrons. The molecule has 0 aromatic heterocycles. The topological polar surface area (TPSA) is 61.7 Å². The summed E-state index contributed by atoms with van der Waals surface area (Å²) in [6.07, 6.45) is 2.85. The summed E-state index contributed by atoms with van der Waals surface area (Å²) in [5.74, 6) is -0.465. The zero-order chi connectivity index (χ0) is 15.8. The van der Waals surface area contributed by atoms with E-state index in [4.69, 9.17) is 0 Å². The summed E-state index contributed by atoms with van der Waals surface area (Å²) in [6, 6.07) is 16.2. The molecule has 0 atom stereocenters. The van der Waals surface area contributed by atoms with Crippen molar-refractivity contribution in [2.24, 2.45) is 5.10 Å². The van der Waals surface area contributed by atoms with Gasteiger partial charge in [0.25, 0.3) is 5.91 Å². The normalized spacial score (nSPS) is 11.2. The van der Waals surface area contributed by atoms with Crippen LogP contribution in [-0.4, -0.2) is 16.7 Å². The van der Waals surface area contributed by atoms with Crippen molar-refractivity contribution in [3.63, 3.8) is 0 Å². The van der Waals surface area contributed by atoms with Gasteiger partial charge in [-0.05, 0) is 30.5 Å². The summed E-state index contributed by atoms with van der Waals surface area (Å²) in [4.78, 5) is 12.1. The number of nitrogens with zero attached hydrogens (tertiary/aromatic N) is 1. The minimum Gasteiger partial charge on any atom is -0.507 e.